The van der Waals surface area contributed by atoms with Crippen LogP contribution in [0.15, 0.2) is 40.2 Å². The summed E-state index contributed by atoms with van der Waals surface area (Å²) in [6.07, 6.45) is 0.984. The van der Waals surface area contributed by atoms with E-state index in [1.165, 1.54) is 10.4 Å². The highest BCUT2D eigenvalue weighted by Gasteiger charge is 2.13. The molecule has 0 spiro atoms. The molecule has 1 nitrogen and oxygen atoms in total. The van der Waals surface area contributed by atoms with Crippen LogP contribution in [0.4, 0.5) is 0 Å². The first-order chi connectivity index (χ1) is 8.69. The smallest absolute Gasteiger partial charge is 0.0455 e. The predicted octanol–water partition coefficient (Wildman–Crippen LogP) is 5.06. The zero-order valence-corrected chi connectivity index (χ0v) is 13.3. The molecule has 1 aromatic heterocycles. The molecule has 0 aliphatic carbocycles. The van der Waals surface area contributed by atoms with Crippen molar-refractivity contribution in [2.75, 3.05) is 6.54 Å². The molecule has 0 saturated heterocycles. The molecule has 1 N–H and O–H groups in total. The van der Waals surface area contributed by atoms with Crippen LogP contribution in [0.1, 0.15) is 23.4 Å². The van der Waals surface area contributed by atoms with Crippen molar-refractivity contribution in [2.24, 2.45) is 0 Å². The van der Waals surface area contributed by atoms with Crippen molar-refractivity contribution in [3.63, 3.8) is 0 Å². The normalized spacial score (nSPS) is 12.6. The van der Waals surface area contributed by atoms with E-state index in [1.54, 1.807) is 11.3 Å². The van der Waals surface area contributed by atoms with Gasteiger partial charge >= 0.3 is 0 Å². The van der Waals surface area contributed by atoms with Crippen LogP contribution in [0.5, 0.6) is 0 Å². The number of thiophene rings is 1. The Morgan fingerprint density at radius 3 is 2.61 bits per heavy atom. The van der Waals surface area contributed by atoms with Crippen LogP contribution in [-0.4, -0.2) is 6.54 Å². The van der Waals surface area contributed by atoms with E-state index in [0.717, 1.165) is 22.5 Å². The van der Waals surface area contributed by atoms with Crippen molar-refractivity contribution in [3.8, 4) is 0 Å². The standard InChI is InChI=1S/C14H15BrClNS/c1-2-17-13(14-8-11(15)9-18-14)7-10-3-5-12(16)6-4-10/h3-6,8-9,13,17H,2,7H2,1H3. The summed E-state index contributed by atoms with van der Waals surface area (Å²) in [7, 11) is 0. The van der Waals surface area contributed by atoms with Gasteiger partial charge in [-0.1, -0.05) is 30.7 Å². The molecule has 1 heterocycles. The molecule has 0 fully saturated rings. The van der Waals surface area contributed by atoms with Crippen molar-refractivity contribution in [1.29, 1.82) is 0 Å². The van der Waals surface area contributed by atoms with Crippen molar-refractivity contribution in [1.82, 2.24) is 5.32 Å². The largest absolute Gasteiger partial charge is 0.309 e. The minimum Gasteiger partial charge on any atom is -0.309 e. The van der Waals surface area contributed by atoms with E-state index in [4.69, 9.17) is 11.6 Å². The van der Waals surface area contributed by atoms with Crippen LogP contribution in [-0.2, 0) is 6.42 Å². The van der Waals surface area contributed by atoms with E-state index in [2.05, 4.69) is 51.7 Å². The van der Waals surface area contributed by atoms with Crippen LogP contribution >= 0.6 is 38.9 Å². The first kappa shape index (κ1) is 14.1. The first-order valence-corrected chi connectivity index (χ1v) is 7.96. The lowest BCUT2D eigenvalue weighted by Crippen LogP contribution is -2.22. The SMILES string of the molecule is CCNC(Cc1ccc(Cl)cc1)c1cc(Br)cs1. The third-order valence-corrected chi connectivity index (χ3v) is 4.79. The number of hydrogen-bond donors (Lipinski definition) is 1. The molecule has 96 valence electrons. The zero-order valence-electron chi connectivity index (χ0n) is 10.1. The molecular weight excluding hydrogens is 330 g/mol. The Bertz CT molecular complexity index is 495. The number of hydrogen-bond acceptors (Lipinski definition) is 2. The maximum absolute atomic E-state index is 5.91. The Balaban J connectivity index is 2.13. The van der Waals surface area contributed by atoms with Gasteiger partial charge in [-0.25, -0.2) is 0 Å². The van der Waals surface area contributed by atoms with Crippen LogP contribution in [0, 0.1) is 0 Å². The molecule has 4 heteroatoms. The summed E-state index contributed by atoms with van der Waals surface area (Å²) in [5, 5.41) is 6.45. The molecule has 0 amide bonds. The Kier molecular flexibility index (Phi) is 5.25. The van der Waals surface area contributed by atoms with E-state index < -0.39 is 0 Å². The highest BCUT2D eigenvalue weighted by atomic mass is 79.9. The number of halogens is 2. The van der Waals surface area contributed by atoms with Gasteiger partial charge in [0.25, 0.3) is 0 Å². The van der Waals surface area contributed by atoms with Gasteiger partial charge in [0.15, 0.2) is 0 Å². The van der Waals surface area contributed by atoms with E-state index in [0.29, 0.717) is 6.04 Å². The molecule has 0 radical (unpaired) electrons. The second-order valence-corrected chi connectivity index (χ2v) is 6.40. The first-order valence-electron chi connectivity index (χ1n) is 5.90. The van der Waals surface area contributed by atoms with E-state index >= 15 is 0 Å². The fraction of sp³-hybridized carbons (Fsp3) is 0.286. The Morgan fingerprint density at radius 2 is 2.06 bits per heavy atom. The fourth-order valence-corrected chi connectivity index (χ4v) is 3.53. The van der Waals surface area contributed by atoms with Crippen molar-refractivity contribution >= 4 is 38.9 Å². The highest BCUT2D eigenvalue weighted by molar-refractivity contribution is 9.10. The molecular formula is C14H15BrClNS. The van der Waals surface area contributed by atoms with Crippen molar-refractivity contribution in [3.05, 3.63) is 55.6 Å². The van der Waals surface area contributed by atoms with Gasteiger partial charge in [0.2, 0.25) is 0 Å². The van der Waals surface area contributed by atoms with E-state index in [9.17, 15) is 0 Å². The summed E-state index contributed by atoms with van der Waals surface area (Å²) in [5.74, 6) is 0. The molecule has 0 saturated carbocycles. The molecule has 1 atom stereocenters. The fourth-order valence-electron chi connectivity index (χ4n) is 1.89. The Morgan fingerprint density at radius 1 is 1.33 bits per heavy atom. The predicted molar refractivity (Wildman–Crippen MR) is 83.6 cm³/mol. The van der Waals surface area contributed by atoms with E-state index in [1.807, 2.05) is 12.1 Å². The van der Waals surface area contributed by atoms with Gasteiger partial charge < -0.3 is 5.32 Å². The Hall–Kier alpha value is -0.350. The summed E-state index contributed by atoms with van der Waals surface area (Å²) in [6, 6.07) is 10.6. The molecule has 1 unspecified atom stereocenters. The minimum atomic E-state index is 0.368. The second kappa shape index (κ2) is 6.71. The van der Waals surface area contributed by atoms with Gasteiger partial charge in [-0.15, -0.1) is 11.3 Å². The molecule has 2 rings (SSSR count). The number of benzene rings is 1. The quantitative estimate of drug-likeness (QED) is 0.799. The number of rotatable bonds is 5. The Labute approximate surface area is 125 Å². The van der Waals surface area contributed by atoms with Gasteiger partial charge in [0.05, 0.1) is 0 Å². The lowest BCUT2D eigenvalue weighted by molar-refractivity contribution is 0.558. The second-order valence-electron chi connectivity index (χ2n) is 4.11. The van der Waals surface area contributed by atoms with Crippen molar-refractivity contribution < 1.29 is 0 Å². The summed E-state index contributed by atoms with van der Waals surface area (Å²) < 4.78 is 1.15. The van der Waals surface area contributed by atoms with E-state index in [-0.39, 0.29) is 0 Å². The van der Waals surface area contributed by atoms with Crippen LogP contribution in [0.3, 0.4) is 0 Å². The minimum absolute atomic E-state index is 0.368. The van der Waals surface area contributed by atoms with Crippen LogP contribution < -0.4 is 5.32 Å². The summed E-state index contributed by atoms with van der Waals surface area (Å²) in [6.45, 7) is 3.10. The van der Waals surface area contributed by atoms with Gasteiger partial charge in [-0.05, 0) is 52.7 Å². The lowest BCUT2D eigenvalue weighted by atomic mass is 10.0. The zero-order chi connectivity index (χ0) is 13.0. The number of likely N-dealkylation sites (N-methyl/N-ethyl adjacent to an activating group) is 1. The third kappa shape index (κ3) is 3.82. The summed E-state index contributed by atoms with van der Waals surface area (Å²) in [4.78, 5) is 1.36. The third-order valence-electron chi connectivity index (χ3n) is 2.73. The van der Waals surface area contributed by atoms with Crippen LogP contribution in [0.25, 0.3) is 0 Å². The monoisotopic (exact) mass is 343 g/mol. The molecule has 2 aromatic rings. The molecule has 18 heavy (non-hydrogen) atoms. The lowest BCUT2D eigenvalue weighted by Gasteiger charge is -2.16. The molecule has 0 bridgehead atoms. The van der Waals surface area contributed by atoms with Crippen LogP contribution in [0.2, 0.25) is 5.02 Å². The van der Waals surface area contributed by atoms with Gasteiger partial charge in [0.1, 0.15) is 0 Å². The van der Waals surface area contributed by atoms with Crippen molar-refractivity contribution in [2.45, 2.75) is 19.4 Å². The molecule has 1 aromatic carbocycles. The highest BCUT2D eigenvalue weighted by Crippen LogP contribution is 2.28. The van der Waals surface area contributed by atoms with Gasteiger partial charge in [-0.2, -0.15) is 0 Å². The summed E-state index contributed by atoms with van der Waals surface area (Å²) >= 11 is 11.2. The molecule has 0 aliphatic rings. The van der Waals surface area contributed by atoms with Gasteiger partial charge in [0, 0.05) is 25.8 Å². The topological polar surface area (TPSA) is 12.0 Å². The average Bonchev–Trinajstić information content (AvgIpc) is 2.78. The van der Waals surface area contributed by atoms with Gasteiger partial charge in [-0.3, -0.25) is 0 Å². The maximum Gasteiger partial charge on any atom is 0.0455 e. The maximum atomic E-state index is 5.91. The molecule has 0 aliphatic heterocycles. The summed E-state index contributed by atoms with van der Waals surface area (Å²) in [5.41, 5.74) is 1.30. The average molecular weight is 345 g/mol. The number of nitrogens with one attached hydrogen (secondary N) is 1.